The summed E-state index contributed by atoms with van der Waals surface area (Å²) in [6.45, 7) is 6.33. The van der Waals surface area contributed by atoms with Crippen LogP contribution < -0.4 is 10.1 Å². The molecule has 29 heavy (non-hydrogen) atoms. The minimum Gasteiger partial charge on any atom is -0.478 e. The van der Waals surface area contributed by atoms with Gasteiger partial charge in [-0.15, -0.1) is 0 Å². The number of likely N-dealkylation sites (tertiary alicyclic amines) is 1. The molecule has 2 amide bonds. The number of halogens is 1. The third-order valence-electron chi connectivity index (χ3n) is 4.92. The standard InChI is InChI=1S/C22H26ClN3O3/c1-15-6-4-8-19(24-15)25-20(27)16-7-5-13-26(14-16)21(28)22(2,3)29-18-11-9-17(23)10-12-18/h4,6,8-12,16H,5,7,13-14H2,1-3H3,(H,24,25,27). The van der Waals surface area contributed by atoms with Gasteiger partial charge in [0.05, 0.1) is 5.92 Å². The second-order valence-corrected chi connectivity index (χ2v) is 8.25. The number of aromatic nitrogens is 1. The molecule has 7 heteroatoms. The van der Waals surface area contributed by atoms with Gasteiger partial charge >= 0.3 is 0 Å². The van der Waals surface area contributed by atoms with E-state index >= 15 is 0 Å². The van der Waals surface area contributed by atoms with Crippen molar-refractivity contribution in [3.8, 4) is 5.75 Å². The number of carbonyl (C=O) groups is 2. The second kappa shape index (κ2) is 8.82. The number of pyridine rings is 1. The lowest BCUT2D eigenvalue weighted by Crippen LogP contribution is -2.53. The molecule has 1 fully saturated rings. The van der Waals surface area contributed by atoms with Gasteiger partial charge in [-0.2, -0.15) is 0 Å². The lowest BCUT2D eigenvalue weighted by molar-refractivity contribution is -0.148. The Kier molecular flexibility index (Phi) is 6.42. The Bertz CT molecular complexity index is 883. The molecule has 1 unspecified atom stereocenters. The zero-order chi connectivity index (χ0) is 21.0. The molecule has 0 bridgehead atoms. The number of benzene rings is 1. The maximum absolute atomic E-state index is 13.1. The minimum atomic E-state index is -1.05. The van der Waals surface area contributed by atoms with Gasteiger partial charge in [0.1, 0.15) is 11.6 Å². The van der Waals surface area contributed by atoms with Crippen LogP contribution in [0.3, 0.4) is 0 Å². The van der Waals surface area contributed by atoms with Crippen LogP contribution in [-0.4, -0.2) is 40.4 Å². The van der Waals surface area contributed by atoms with E-state index in [0.717, 1.165) is 18.5 Å². The molecule has 1 aliphatic heterocycles. The number of anilines is 1. The van der Waals surface area contributed by atoms with Gasteiger partial charge in [-0.1, -0.05) is 17.7 Å². The van der Waals surface area contributed by atoms with E-state index in [9.17, 15) is 9.59 Å². The van der Waals surface area contributed by atoms with E-state index < -0.39 is 5.60 Å². The molecule has 0 saturated carbocycles. The molecule has 1 aliphatic rings. The fraction of sp³-hybridized carbons (Fsp3) is 0.409. The maximum Gasteiger partial charge on any atom is 0.266 e. The van der Waals surface area contributed by atoms with Gasteiger partial charge in [-0.3, -0.25) is 9.59 Å². The predicted molar refractivity (Wildman–Crippen MR) is 113 cm³/mol. The molecule has 6 nitrogen and oxygen atoms in total. The molecule has 1 atom stereocenters. The second-order valence-electron chi connectivity index (χ2n) is 7.81. The molecule has 1 aromatic heterocycles. The number of carbonyl (C=O) groups excluding carboxylic acids is 2. The molecule has 1 saturated heterocycles. The first-order valence-corrected chi connectivity index (χ1v) is 10.1. The van der Waals surface area contributed by atoms with Crippen LogP contribution in [0, 0.1) is 12.8 Å². The lowest BCUT2D eigenvalue weighted by atomic mass is 9.95. The number of rotatable bonds is 5. The van der Waals surface area contributed by atoms with Crippen LogP contribution in [0.5, 0.6) is 5.75 Å². The van der Waals surface area contributed by atoms with E-state index in [4.69, 9.17) is 16.3 Å². The van der Waals surface area contributed by atoms with E-state index in [2.05, 4.69) is 10.3 Å². The van der Waals surface area contributed by atoms with Crippen molar-refractivity contribution in [1.82, 2.24) is 9.88 Å². The van der Waals surface area contributed by atoms with Crippen molar-refractivity contribution >= 4 is 29.2 Å². The fourth-order valence-corrected chi connectivity index (χ4v) is 3.56. The molecule has 0 spiro atoms. The van der Waals surface area contributed by atoms with Gasteiger partial charge in [0.25, 0.3) is 5.91 Å². The van der Waals surface area contributed by atoms with Gasteiger partial charge in [0.2, 0.25) is 5.91 Å². The smallest absolute Gasteiger partial charge is 0.266 e. The number of hydrogen-bond donors (Lipinski definition) is 1. The fourth-order valence-electron chi connectivity index (χ4n) is 3.44. The Labute approximate surface area is 176 Å². The number of ether oxygens (including phenoxy) is 1. The van der Waals surface area contributed by atoms with E-state index in [1.54, 1.807) is 49.1 Å². The van der Waals surface area contributed by atoms with Crippen molar-refractivity contribution in [1.29, 1.82) is 0 Å². The van der Waals surface area contributed by atoms with E-state index in [-0.39, 0.29) is 17.7 Å². The third kappa shape index (κ3) is 5.48. The normalized spacial score (nSPS) is 17.0. The Morgan fingerprint density at radius 1 is 1.21 bits per heavy atom. The average molecular weight is 416 g/mol. The minimum absolute atomic E-state index is 0.114. The quantitative estimate of drug-likeness (QED) is 0.798. The molecule has 2 aromatic rings. The summed E-state index contributed by atoms with van der Waals surface area (Å²) in [5.41, 5.74) is -0.214. The van der Waals surface area contributed by atoms with E-state index in [0.29, 0.717) is 29.7 Å². The number of nitrogens with zero attached hydrogens (tertiary/aromatic N) is 2. The van der Waals surface area contributed by atoms with Crippen LogP contribution in [0.15, 0.2) is 42.5 Å². The number of amides is 2. The van der Waals surface area contributed by atoms with Crippen LogP contribution in [0.1, 0.15) is 32.4 Å². The highest BCUT2D eigenvalue weighted by atomic mass is 35.5. The van der Waals surface area contributed by atoms with E-state index in [1.165, 1.54) is 0 Å². The molecule has 1 N–H and O–H groups in total. The molecule has 3 rings (SSSR count). The summed E-state index contributed by atoms with van der Waals surface area (Å²) in [7, 11) is 0. The lowest BCUT2D eigenvalue weighted by Gasteiger charge is -2.37. The molecular weight excluding hydrogens is 390 g/mol. The summed E-state index contributed by atoms with van der Waals surface area (Å²) < 4.78 is 5.92. The SMILES string of the molecule is Cc1cccc(NC(=O)C2CCCN(C(=O)C(C)(C)Oc3ccc(Cl)cc3)C2)n1. The number of aryl methyl sites for hydroxylation is 1. The highest BCUT2D eigenvalue weighted by Crippen LogP contribution is 2.25. The number of piperidine rings is 1. The van der Waals surface area contributed by atoms with Crippen LogP contribution in [-0.2, 0) is 9.59 Å². The van der Waals surface area contributed by atoms with Crippen molar-refractivity contribution in [3.63, 3.8) is 0 Å². The molecule has 1 aromatic carbocycles. The van der Waals surface area contributed by atoms with Crippen molar-refractivity contribution in [2.45, 2.75) is 39.2 Å². The van der Waals surface area contributed by atoms with E-state index in [1.807, 2.05) is 19.1 Å². The summed E-state index contributed by atoms with van der Waals surface area (Å²) in [4.78, 5) is 31.8. The van der Waals surface area contributed by atoms with Crippen molar-refractivity contribution in [2.24, 2.45) is 5.92 Å². The molecular formula is C22H26ClN3O3. The maximum atomic E-state index is 13.1. The van der Waals surface area contributed by atoms with Crippen molar-refractivity contribution < 1.29 is 14.3 Å². The van der Waals surface area contributed by atoms with Crippen molar-refractivity contribution in [2.75, 3.05) is 18.4 Å². The first kappa shape index (κ1) is 21.1. The molecule has 2 heterocycles. The van der Waals surface area contributed by atoms with Crippen LogP contribution in [0.25, 0.3) is 0 Å². The average Bonchev–Trinajstić information content (AvgIpc) is 2.69. The van der Waals surface area contributed by atoms with Gasteiger partial charge in [-0.05, 0) is 70.0 Å². The van der Waals surface area contributed by atoms with Gasteiger partial charge in [0, 0.05) is 23.8 Å². The predicted octanol–water partition coefficient (Wildman–Crippen LogP) is 4.08. The topological polar surface area (TPSA) is 71.5 Å². The highest BCUT2D eigenvalue weighted by Gasteiger charge is 2.38. The van der Waals surface area contributed by atoms with Crippen LogP contribution in [0.4, 0.5) is 5.82 Å². The number of nitrogens with one attached hydrogen (secondary N) is 1. The Balaban J connectivity index is 1.63. The Morgan fingerprint density at radius 2 is 1.93 bits per heavy atom. The Morgan fingerprint density at radius 3 is 2.62 bits per heavy atom. The van der Waals surface area contributed by atoms with Gasteiger partial charge in [0.15, 0.2) is 5.60 Å². The summed E-state index contributed by atoms with van der Waals surface area (Å²) in [6.07, 6.45) is 1.50. The first-order chi connectivity index (χ1) is 13.7. The Hall–Kier alpha value is -2.60. The summed E-state index contributed by atoms with van der Waals surface area (Å²) in [6, 6.07) is 12.4. The summed E-state index contributed by atoms with van der Waals surface area (Å²) in [5.74, 6) is 0.575. The van der Waals surface area contributed by atoms with Crippen molar-refractivity contribution in [3.05, 3.63) is 53.2 Å². The number of hydrogen-bond acceptors (Lipinski definition) is 4. The molecule has 0 radical (unpaired) electrons. The molecule has 154 valence electrons. The zero-order valence-corrected chi connectivity index (χ0v) is 17.7. The summed E-state index contributed by atoms with van der Waals surface area (Å²) >= 11 is 5.91. The third-order valence-corrected chi connectivity index (χ3v) is 5.17. The highest BCUT2D eigenvalue weighted by molar-refractivity contribution is 6.30. The summed E-state index contributed by atoms with van der Waals surface area (Å²) in [5, 5.41) is 3.47. The van der Waals surface area contributed by atoms with Crippen LogP contribution in [0.2, 0.25) is 5.02 Å². The zero-order valence-electron chi connectivity index (χ0n) is 16.9. The largest absolute Gasteiger partial charge is 0.478 e. The van der Waals surface area contributed by atoms with Crippen LogP contribution >= 0.6 is 11.6 Å². The monoisotopic (exact) mass is 415 g/mol. The first-order valence-electron chi connectivity index (χ1n) is 9.73. The molecule has 0 aliphatic carbocycles. The van der Waals surface area contributed by atoms with Gasteiger partial charge < -0.3 is 15.0 Å². The van der Waals surface area contributed by atoms with Gasteiger partial charge in [-0.25, -0.2) is 4.98 Å².